The molecule has 1 aliphatic carbocycles. The van der Waals surface area contributed by atoms with Gasteiger partial charge in [-0.1, -0.05) is 25.3 Å². The van der Waals surface area contributed by atoms with Gasteiger partial charge in [-0.3, -0.25) is 0 Å². The van der Waals surface area contributed by atoms with E-state index in [2.05, 4.69) is 11.4 Å². The number of phenols is 1. The zero-order chi connectivity index (χ0) is 11.7. The molecule has 1 aromatic carbocycles. The van der Waals surface area contributed by atoms with Crippen LogP contribution >= 0.6 is 11.8 Å². The lowest BCUT2D eigenvalue weighted by molar-refractivity contribution is 0.241. The van der Waals surface area contributed by atoms with Gasteiger partial charge in [-0.05, 0) is 30.4 Å². The van der Waals surface area contributed by atoms with Crippen LogP contribution in [0.4, 0.5) is 5.69 Å². The summed E-state index contributed by atoms with van der Waals surface area (Å²) in [5.41, 5.74) is 1.56. The molecule has 3 heteroatoms. The van der Waals surface area contributed by atoms with Crippen LogP contribution in [0.15, 0.2) is 23.1 Å². The molecule has 0 atom stereocenters. The Morgan fingerprint density at radius 3 is 2.82 bits per heavy atom. The molecule has 0 amide bonds. The van der Waals surface area contributed by atoms with Gasteiger partial charge in [-0.25, -0.2) is 0 Å². The Bertz CT molecular complexity index is 413. The number of anilines is 1. The molecule has 1 aromatic rings. The van der Waals surface area contributed by atoms with Crippen LogP contribution in [0.1, 0.15) is 32.1 Å². The number of aromatic hydroxyl groups is 1. The SMILES string of the molecule is Oc1cccc2c1SCC1(CCCCC1)CN2. The molecule has 0 aromatic heterocycles. The maximum absolute atomic E-state index is 9.91. The summed E-state index contributed by atoms with van der Waals surface area (Å²) in [6.45, 7) is 1.07. The summed E-state index contributed by atoms with van der Waals surface area (Å²) in [7, 11) is 0. The van der Waals surface area contributed by atoms with Crippen LogP contribution in [0.3, 0.4) is 0 Å². The molecule has 3 rings (SSSR count). The van der Waals surface area contributed by atoms with Crippen molar-refractivity contribution in [3.63, 3.8) is 0 Å². The van der Waals surface area contributed by atoms with Crippen LogP contribution < -0.4 is 5.32 Å². The first-order chi connectivity index (χ1) is 8.29. The zero-order valence-electron chi connectivity index (χ0n) is 10.0. The van der Waals surface area contributed by atoms with Gasteiger partial charge >= 0.3 is 0 Å². The first-order valence-corrected chi connectivity index (χ1v) is 7.46. The summed E-state index contributed by atoms with van der Waals surface area (Å²) < 4.78 is 0. The summed E-state index contributed by atoms with van der Waals surface area (Å²) in [4.78, 5) is 1.04. The van der Waals surface area contributed by atoms with Crippen molar-refractivity contribution in [3.8, 4) is 5.75 Å². The minimum Gasteiger partial charge on any atom is -0.507 e. The van der Waals surface area contributed by atoms with Crippen molar-refractivity contribution in [2.75, 3.05) is 17.6 Å². The van der Waals surface area contributed by atoms with Gasteiger partial charge in [0, 0.05) is 12.3 Å². The Kier molecular flexibility index (Phi) is 2.95. The van der Waals surface area contributed by atoms with E-state index in [0.717, 1.165) is 22.9 Å². The van der Waals surface area contributed by atoms with Crippen LogP contribution in [-0.2, 0) is 0 Å². The minimum atomic E-state index is 0.424. The molecule has 1 aliphatic heterocycles. The third kappa shape index (κ3) is 2.13. The average Bonchev–Trinajstić information content (AvgIpc) is 2.53. The summed E-state index contributed by atoms with van der Waals surface area (Å²) in [5.74, 6) is 1.57. The second-order valence-corrected chi connectivity index (χ2v) is 6.34. The Morgan fingerprint density at radius 2 is 2.00 bits per heavy atom. The monoisotopic (exact) mass is 249 g/mol. The van der Waals surface area contributed by atoms with Crippen LogP contribution in [0.2, 0.25) is 0 Å². The quantitative estimate of drug-likeness (QED) is 0.732. The highest BCUT2D eigenvalue weighted by molar-refractivity contribution is 7.99. The van der Waals surface area contributed by atoms with Crippen molar-refractivity contribution in [3.05, 3.63) is 18.2 Å². The predicted molar refractivity (Wildman–Crippen MR) is 72.8 cm³/mol. The number of thioether (sulfide) groups is 1. The van der Waals surface area contributed by atoms with Gasteiger partial charge in [0.15, 0.2) is 0 Å². The second-order valence-electron chi connectivity index (χ2n) is 5.36. The second kappa shape index (κ2) is 4.45. The van der Waals surface area contributed by atoms with Crippen LogP contribution in [0, 0.1) is 5.41 Å². The number of hydrogen-bond acceptors (Lipinski definition) is 3. The maximum Gasteiger partial charge on any atom is 0.131 e. The third-order valence-electron chi connectivity index (χ3n) is 4.08. The van der Waals surface area contributed by atoms with E-state index in [1.165, 1.54) is 32.1 Å². The van der Waals surface area contributed by atoms with E-state index in [9.17, 15) is 5.11 Å². The number of nitrogens with one attached hydrogen (secondary N) is 1. The number of benzene rings is 1. The van der Waals surface area contributed by atoms with Crippen molar-refractivity contribution in [2.45, 2.75) is 37.0 Å². The molecule has 17 heavy (non-hydrogen) atoms. The summed E-state index contributed by atoms with van der Waals surface area (Å²) in [6.07, 6.45) is 6.79. The van der Waals surface area contributed by atoms with E-state index >= 15 is 0 Å². The third-order valence-corrected chi connectivity index (χ3v) is 5.56. The molecule has 1 spiro atoms. The Labute approximate surface area is 107 Å². The lowest BCUT2D eigenvalue weighted by Crippen LogP contribution is -2.33. The van der Waals surface area contributed by atoms with Crippen molar-refractivity contribution < 1.29 is 5.11 Å². The van der Waals surface area contributed by atoms with Crippen LogP contribution in [0.5, 0.6) is 5.75 Å². The van der Waals surface area contributed by atoms with E-state index in [1.54, 1.807) is 6.07 Å². The van der Waals surface area contributed by atoms with Gasteiger partial charge in [-0.2, -0.15) is 0 Å². The van der Waals surface area contributed by atoms with E-state index < -0.39 is 0 Å². The van der Waals surface area contributed by atoms with Gasteiger partial charge in [-0.15, -0.1) is 11.8 Å². The zero-order valence-corrected chi connectivity index (χ0v) is 10.9. The van der Waals surface area contributed by atoms with Crippen LogP contribution in [-0.4, -0.2) is 17.4 Å². The average molecular weight is 249 g/mol. The largest absolute Gasteiger partial charge is 0.507 e. The molecule has 0 radical (unpaired) electrons. The standard InChI is InChI=1S/C14H19NOS/c16-12-6-4-5-11-13(12)17-10-14(9-15-11)7-2-1-3-8-14/h4-6,15-16H,1-3,7-10H2. The van der Waals surface area contributed by atoms with E-state index in [1.807, 2.05) is 17.8 Å². The van der Waals surface area contributed by atoms with Gasteiger partial charge in [0.05, 0.1) is 10.6 Å². The molecule has 1 heterocycles. The minimum absolute atomic E-state index is 0.424. The molecule has 1 saturated carbocycles. The highest BCUT2D eigenvalue weighted by Crippen LogP contribution is 2.47. The first-order valence-electron chi connectivity index (χ1n) is 6.48. The first kappa shape index (κ1) is 11.3. The molecular weight excluding hydrogens is 230 g/mol. The van der Waals surface area contributed by atoms with E-state index in [4.69, 9.17) is 0 Å². The maximum atomic E-state index is 9.91. The molecule has 0 unspecified atom stereocenters. The number of hydrogen-bond donors (Lipinski definition) is 2. The highest BCUT2D eigenvalue weighted by Gasteiger charge is 2.34. The summed E-state index contributed by atoms with van der Waals surface area (Å²) in [5, 5.41) is 13.5. The molecule has 0 bridgehead atoms. The molecule has 1 fully saturated rings. The van der Waals surface area contributed by atoms with Gasteiger partial charge in [0.25, 0.3) is 0 Å². The number of fused-ring (bicyclic) bond motifs is 1. The molecule has 2 aliphatic rings. The van der Waals surface area contributed by atoms with E-state index in [0.29, 0.717) is 11.2 Å². The molecule has 92 valence electrons. The highest BCUT2D eigenvalue weighted by atomic mass is 32.2. The van der Waals surface area contributed by atoms with Crippen LogP contribution in [0.25, 0.3) is 0 Å². The van der Waals surface area contributed by atoms with Gasteiger partial charge < -0.3 is 10.4 Å². The molecular formula is C14H19NOS. The predicted octanol–water partition coefficient (Wildman–Crippen LogP) is 3.86. The van der Waals surface area contributed by atoms with Gasteiger partial charge in [0.1, 0.15) is 5.75 Å². The molecule has 2 N–H and O–H groups in total. The van der Waals surface area contributed by atoms with E-state index in [-0.39, 0.29) is 0 Å². The number of rotatable bonds is 0. The normalized spacial score (nSPS) is 22.6. The van der Waals surface area contributed by atoms with Gasteiger partial charge in [0.2, 0.25) is 0 Å². The lowest BCUT2D eigenvalue weighted by atomic mass is 9.75. The van der Waals surface area contributed by atoms with Crippen molar-refractivity contribution in [1.29, 1.82) is 0 Å². The fraction of sp³-hybridized carbons (Fsp3) is 0.571. The fourth-order valence-corrected chi connectivity index (χ4v) is 4.35. The summed E-state index contributed by atoms with van der Waals surface area (Å²) in [6, 6.07) is 5.77. The van der Waals surface area contributed by atoms with Crippen molar-refractivity contribution in [2.24, 2.45) is 5.41 Å². The lowest BCUT2D eigenvalue weighted by Gasteiger charge is -2.35. The molecule has 2 nitrogen and oxygen atoms in total. The van der Waals surface area contributed by atoms with Crippen molar-refractivity contribution >= 4 is 17.4 Å². The Hall–Kier alpha value is -0.830. The number of phenolic OH excluding ortho intramolecular Hbond substituents is 1. The Morgan fingerprint density at radius 1 is 1.18 bits per heavy atom. The Balaban J connectivity index is 1.85. The summed E-state index contributed by atoms with van der Waals surface area (Å²) >= 11 is 1.83. The fourth-order valence-electron chi connectivity index (χ4n) is 3.00. The van der Waals surface area contributed by atoms with Crippen molar-refractivity contribution in [1.82, 2.24) is 0 Å². The smallest absolute Gasteiger partial charge is 0.131 e. The topological polar surface area (TPSA) is 32.3 Å². The molecule has 0 saturated heterocycles.